The topological polar surface area (TPSA) is 55.8 Å². The van der Waals surface area contributed by atoms with E-state index in [9.17, 15) is 4.79 Å². The van der Waals surface area contributed by atoms with E-state index >= 15 is 0 Å². The molecular formula is C7H14O4. The standard InChI is InChI=1S/C7H14O4/c1-5(2)10-6(3)11-7(9)4-8/h5-6,8H,4H2,1-3H3. The molecule has 0 amide bonds. The van der Waals surface area contributed by atoms with Crippen LogP contribution in [0.25, 0.3) is 0 Å². The smallest absolute Gasteiger partial charge is 0.334 e. The van der Waals surface area contributed by atoms with Crippen LogP contribution in [-0.4, -0.2) is 30.1 Å². The van der Waals surface area contributed by atoms with E-state index in [1.807, 2.05) is 13.8 Å². The molecule has 0 saturated carbocycles. The van der Waals surface area contributed by atoms with Crippen molar-refractivity contribution in [2.75, 3.05) is 6.61 Å². The molecule has 0 saturated heterocycles. The molecule has 11 heavy (non-hydrogen) atoms. The summed E-state index contributed by atoms with van der Waals surface area (Å²) in [6.07, 6.45) is -0.578. The van der Waals surface area contributed by atoms with Gasteiger partial charge in [0.1, 0.15) is 6.61 Å². The van der Waals surface area contributed by atoms with Gasteiger partial charge in [-0.25, -0.2) is 4.79 Å². The second-order valence-electron chi connectivity index (χ2n) is 2.40. The third-order valence-electron chi connectivity index (χ3n) is 0.890. The zero-order chi connectivity index (χ0) is 8.85. The van der Waals surface area contributed by atoms with E-state index < -0.39 is 18.9 Å². The normalized spacial score (nSPS) is 13.2. The molecule has 1 unspecified atom stereocenters. The Balaban J connectivity index is 3.51. The van der Waals surface area contributed by atoms with Gasteiger partial charge in [0.25, 0.3) is 0 Å². The van der Waals surface area contributed by atoms with E-state index in [0.717, 1.165) is 0 Å². The molecule has 0 aliphatic heterocycles. The van der Waals surface area contributed by atoms with Crippen LogP contribution in [0.5, 0.6) is 0 Å². The molecule has 0 aliphatic carbocycles. The van der Waals surface area contributed by atoms with E-state index in [2.05, 4.69) is 4.74 Å². The molecular weight excluding hydrogens is 148 g/mol. The third kappa shape index (κ3) is 5.82. The van der Waals surface area contributed by atoms with Gasteiger partial charge < -0.3 is 14.6 Å². The fourth-order valence-electron chi connectivity index (χ4n) is 0.633. The van der Waals surface area contributed by atoms with Crippen molar-refractivity contribution in [1.29, 1.82) is 0 Å². The first kappa shape index (κ1) is 10.4. The molecule has 0 aromatic rings. The summed E-state index contributed by atoms with van der Waals surface area (Å²) < 4.78 is 9.67. The van der Waals surface area contributed by atoms with Crippen molar-refractivity contribution in [3.05, 3.63) is 0 Å². The average Bonchev–Trinajstić information content (AvgIpc) is 1.85. The molecule has 0 radical (unpaired) electrons. The Morgan fingerprint density at radius 3 is 2.36 bits per heavy atom. The van der Waals surface area contributed by atoms with Gasteiger partial charge in [-0.05, 0) is 20.8 Å². The first-order valence-corrected chi connectivity index (χ1v) is 3.52. The highest BCUT2D eigenvalue weighted by molar-refractivity contribution is 5.70. The summed E-state index contributed by atoms with van der Waals surface area (Å²) in [4.78, 5) is 10.5. The van der Waals surface area contributed by atoms with Crippen molar-refractivity contribution in [2.24, 2.45) is 0 Å². The number of hydrogen-bond donors (Lipinski definition) is 1. The molecule has 1 N–H and O–H groups in total. The van der Waals surface area contributed by atoms with Gasteiger partial charge in [-0.2, -0.15) is 0 Å². The average molecular weight is 162 g/mol. The van der Waals surface area contributed by atoms with Gasteiger partial charge in [0.05, 0.1) is 6.10 Å². The van der Waals surface area contributed by atoms with Crippen molar-refractivity contribution < 1.29 is 19.4 Å². The quantitative estimate of drug-likeness (QED) is 0.477. The van der Waals surface area contributed by atoms with E-state index in [1.165, 1.54) is 0 Å². The lowest BCUT2D eigenvalue weighted by Gasteiger charge is -2.15. The van der Waals surface area contributed by atoms with Gasteiger partial charge in [0.15, 0.2) is 6.29 Å². The summed E-state index contributed by atoms with van der Waals surface area (Å²) in [6.45, 7) is 4.67. The Labute approximate surface area is 66.1 Å². The zero-order valence-corrected chi connectivity index (χ0v) is 7.03. The first-order valence-electron chi connectivity index (χ1n) is 3.52. The van der Waals surface area contributed by atoms with Gasteiger partial charge in [0.2, 0.25) is 0 Å². The number of rotatable bonds is 4. The molecule has 0 rings (SSSR count). The van der Waals surface area contributed by atoms with Crippen molar-refractivity contribution in [1.82, 2.24) is 0 Å². The summed E-state index contributed by atoms with van der Waals surface area (Å²) in [5.74, 6) is -0.668. The van der Waals surface area contributed by atoms with Gasteiger partial charge >= 0.3 is 5.97 Å². The second-order valence-corrected chi connectivity index (χ2v) is 2.40. The molecule has 0 fully saturated rings. The van der Waals surface area contributed by atoms with Crippen molar-refractivity contribution in [3.8, 4) is 0 Å². The van der Waals surface area contributed by atoms with Gasteiger partial charge in [0, 0.05) is 0 Å². The summed E-state index contributed by atoms with van der Waals surface area (Å²) in [6, 6.07) is 0. The van der Waals surface area contributed by atoms with Crippen LogP contribution in [0.15, 0.2) is 0 Å². The molecule has 0 aliphatic rings. The van der Waals surface area contributed by atoms with E-state index in [-0.39, 0.29) is 6.10 Å². The Bertz CT molecular complexity index is 122. The highest BCUT2D eigenvalue weighted by atomic mass is 16.7. The maximum Gasteiger partial charge on any atom is 0.334 e. The lowest BCUT2D eigenvalue weighted by molar-refractivity contribution is -0.184. The van der Waals surface area contributed by atoms with Crippen LogP contribution in [0.3, 0.4) is 0 Å². The molecule has 4 heteroatoms. The second kappa shape index (κ2) is 5.09. The number of esters is 1. The first-order chi connectivity index (χ1) is 5.06. The SMILES string of the molecule is CC(C)OC(C)OC(=O)CO. The van der Waals surface area contributed by atoms with Crippen molar-refractivity contribution in [2.45, 2.75) is 33.2 Å². The minimum absolute atomic E-state index is 0.0106. The largest absolute Gasteiger partial charge is 0.434 e. The van der Waals surface area contributed by atoms with Crippen LogP contribution in [0.1, 0.15) is 20.8 Å². The van der Waals surface area contributed by atoms with Crippen molar-refractivity contribution >= 4 is 5.97 Å². The number of ether oxygens (including phenoxy) is 2. The van der Waals surface area contributed by atoms with E-state index in [1.54, 1.807) is 6.92 Å². The molecule has 0 spiro atoms. The highest BCUT2D eigenvalue weighted by Gasteiger charge is 2.08. The fourth-order valence-corrected chi connectivity index (χ4v) is 0.633. The predicted molar refractivity (Wildman–Crippen MR) is 38.9 cm³/mol. The lowest BCUT2D eigenvalue weighted by Crippen LogP contribution is -2.22. The Kier molecular flexibility index (Phi) is 4.81. The molecule has 0 heterocycles. The van der Waals surface area contributed by atoms with Crippen LogP contribution >= 0.6 is 0 Å². The monoisotopic (exact) mass is 162 g/mol. The van der Waals surface area contributed by atoms with E-state index in [0.29, 0.717) is 0 Å². The Hall–Kier alpha value is -0.610. The maximum absolute atomic E-state index is 10.5. The lowest BCUT2D eigenvalue weighted by atomic mass is 10.5. The Morgan fingerprint density at radius 2 is 2.00 bits per heavy atom. The van der Waals surface area contributed by atoms with Gasteiger partial charge in [-0.15, -0.1) is 0 Å². The van der Waals surface area contributed by atoms with Crippen molar-refractivity contribution in [3.63, 3.8) is 0 Å². The molecule has 0 aromatic carbocycles. The minimum Gasteiger partial charge on any atom is -0.434 e. The molecule has 0 aromatic heterocycles. The van der Waals surface area contributed by atoms with Crippen LogP contribution in [0.4, 0.5) is 0 Å². The predicted octanol–water partition coefficient (Wildman–Crippen LogP) is 0.293. The highest BCUT2D eigenvalue weighted by Crippen LogP contribution is 1.98. The summed E-state index contributed by atoms with van der Waals surface area (Å²) in [5, 5.41) is 8.29. The van der Waals surface area contributed by atoms with Crippen LogP contribution < -0.4 is 0 Å². The summed E-state index contributed by atoms with van der Waals surface area (Å²) >= 11 is 0. The molecule has 4 nitrogen and oxygen atoms in total. The van der Waals surface area contributed by atoms with Gasteiger partial charge in [-0.3, -0.25) is 0 Å². The summed E-state index contributed by atoms with van der Waals surface area (Å²) in [5.41, 5.74) is 0. The van der Waals surface area contributed by atoms with Crippen LogP contribution in [0.2, 0.25) is 0 Å². The van der Waals surface area contributed by atoms with E-state index in [4.69, 9.17) is 9.84 Å². The van der Waals surface area contributed by atoms with Crippen LogP contribution in [-0.2, 0) is 14.3 Å². The molecule has 66 valence electrons. The number of aliphatic hydroxyl groups excluding tert-OH is 1. The zero-order valence-electron chi connectivity index (χ0n) is 7.03. The number of carbonyl (C=O) groups is 1. The fraction of sp³-hybridized carbons (Fsp3) is 0.857. The Morgan fingerprint density at radius 1 is 1.45 bits per heavy atom. The molecule has 0 bridgehead atoms. The van der Waals surface area contributed by atoms with Gasteiger partial charge in [-0.1, -0.05) is 0 Å². The number of aliphatic hydroxyl groups is 1. The number of carbonyl (C=O) groups excluding carboxylic acids is 1. The van der Waals surface area contributed by atoms with Crippen LogP contribution in [0, 0.1) is 0 Å². The number of hydrogen-bond acceptors (Lipinski definition) is 4. The summed E-state index contributed by atoms with van der Waals surface area (Å²) in [7, 11) is 0. The third-order valence-corrected chi connectivity index (χ3v) is 0.890. The minimum atomic E-state index is -0.668. The maximum atomic E-state index is 10.5. The molecule has 1 atom stereocenters.